The number of thiazole rings is 1. The van der Waals surface area contributed by atoms with E-state index in [4.69, 9.17) is 0 Å². The van der Waals surface area contributed by atoms with Crippen LogP contribution in [0.3, 0.4) is 0 Å². The number of nitrogens with one attached hydrogen (secondary N) is 1. The van der Waals surface area contributed by atoms with Gasteiger partial charge < -0.3 is 5.32 Å². The summed E-state index contributed by atoms with van der Waals surface area (Å²) >= 11 is 1.74. The van der Waals surface area contributed by atoms with E-state index in [1.54, 1.807) is 11.3 Å². The second kappa shape index (κ2) is 4.46. The maximum absolute atomic E-state index is 4.27. The zero-order chi connectivity index (χ0) is 8.10. The van der Waals surface area contributed by atoms with Crippen LogP contribution in [0.1, 0.15) is 24.4 Å². The molecule has 11 heavy (non-hydrogen) atoms. The van der Waals surface area contributed by atoms with Gasteiger partial charge in [0.05, 0.1) is 11.2 Å². The lowest BCUT2D eigenvalue weighted by atomic mass is 10.3. The number of hydrogen-bond donors (Lipinski definition) is 1. The van der Waals surface area contributed by atoms with E-state index >= 15 is 0 Å². The number of aryl methyl sites for hydroxylation is 1. The van der Waals surface area contributed by atoms with Gasteiger partial charge in [0.2, 0.25) is 0 Å². The molecule has 1 aromatic heterocycles. The molecule has 0 saturated carbocycles. The van der Waals surface area contributed by atoms with Gasteiger partial charge in [0.1, 0.15) is 0 Å². The third-order valence-corrected chi connectivity index (χ3v) is 2.47. The first-order valence-corrected chi connectivity index (χ1v) is 4.88. The molecule has 0 aliphatic rings. The third kappa shape index (κ3) is 2.27. The van der Waals surface area contributed by atoms with Crippen LogP contribution in [-0.4, -0.2) is 11.5 Å². The molecule has 3 heteroatoms. The Morgan fingerprint density at radius 3 is 3.00 bits per heavy atom. The Labute approximate surface area is 71.7 Å². The van der Waals surface area contributed by atoms with Crippen LogP contribution in [0.4, 0.5) is 0 Å². The van der Waals surface area contributed by atoms with Crippen LogP contribution in [0.15, 0.2) is 5.51 Å². The molecule has 62 valence electrons. The minimum Gasteiger partial charge on any atom is -0.312 e. The summed E-state index contributed by atoms with van der Waals surface area (Å²) < 4.78 is 0. The normalized spacial score (nSPS) is 10.4. The predicted octanol–water partition coefficient (Wildman–Crippen LogP) is 1.81. The minimum atomic E-state index is 0.977. The van der Waals surface area contributed by atoms with Crippen LogP contribution in [0.25, 0.3) is 0 Å². The summed E-state index contributed by atoms with van der Waals surface area (Å²) in [6, 6.07) is 0. The molecule has 1 aromatic rings. The fourth-order valence-electron chi connectivity index (χ4n) is 0.964. The highest BCUT2D eigenvalue weighted by Gasteiger charge is 2.01. The Balaban J connectivity index is 2.54. The molecule has 0 aliphatic carbocycles. The molecule has 1 heterocycles. The number of nitrogens with zero attached hydrogens (tertiary/aromatic N) is 1. The molecule has 0 aromatic carbocycles. The molecular formula is C8H14N2S. The van der Waals surface area contributed by atoms with Crippen molar-refractivity contribution in [2.24, 2.45) is 0 Å². The molecule has 0 atom stereocenters. The smallest absolute Gasteiger partial charge is 0.0798 e. The largest absolute Gasteiger partial charge is 0.312 e. The lowest BCUT2D eigenvalue weighted by molar-refractivity contribution is 0.727. The highest BCUT2D eigenvalue weighted by atomic mass is 32.1. The summed E-state index contributed by atoms with van der Waals surface area (Å²) in [5.41, 5.74) is 3.17. The molecule has 1 N–H and O–H groups in total. The quantitative estimate of drug-likeness (QED) is 0.745. The van der Waals surface area contributed by atoms with Crippen molar-refractivity contribution in [1.82, 2.24) is 10.3 Å². The van der Waals surface area contributed by atoms with E-state index in [9.17, 15) is 0 Å². The molecular weight excluding hydrogens is 156 g/mol. The molecule has 0 saturated heterocycles. The van der Waals surface area contributed by atoms with E-state index in [2.05, 4.69) is 24.1 Å². The molecule has 0 fully saturated rings. The molecule has 0 spiro atoms. The van der Waals surface area contributed by atoms with Crippen molar-refractivity contribution in [3.63, 3.8) is 0 Å². The summed E-state index contributed by atoms with van der Waals surface area (Å²) in [4.78, 5) is 5.65. The first-order valence-electron chi connectivity index (χ1n) is 4.00. The number of rotatable bonds is 4. The van der Waals surface area contributed by atoms with Gasteiger partial charge in [-0.25, -0.2) is 4.98 Å². The fourth-order valence-corrected chi connectivity index (χ4v) is 1.79. The van der Waals surface area contributed by atoms with Crippen molar-refractivity contribution in [3.8, 4) is 0 Å². The molecule has 0 radical (unpaired) electrons. The van der Waals surface area contributed by atoms with Crippen molar-refractivity contribution in [3.05, 3.63) is 16.1 Å². The van der Waals surface area contributed by atoms with Crippen molar-refractivity contribution < 1.29 is 0 Å². The summed E-state index contributed by atoms with van der Waals surface area (Å²) in [5, 5.41) is 3.30. The predicted molar refractivity (Wildman–Crippen MR) is 48.9 cm³/mol. The lowest BCUT2D eigenvalue weighted by Crippen LogP contribution is -2.11. The maximum atomic E-state index is 4.27. The average Bonchev–Trinajstić information content (AvgIpc) is 2.47. The van der Waals surface area contributed by atoms with Gasteiger partial charge >= 0.3 is 0 Å². The molecule has 0 bridgehead atoms. The van der Waals surface area contributed by atoms with Crippen LogP contribution in [-0.2, 0) is 13.0 Å². The highest BCUT2D eigenvalue weighted by Crippen LogP contribution is 2.12. The zero-order valence-corrected chi connectivity index (χ0v) is 7.87. The summed E-state index contributed by atoms with van der Waals surface area (Å²) in [6.07, 6.45) is 1.05. The van der Waals surface area contributed by atoms with Crippen molar-refractivity contribution in [1.29, 1.82) is 0 Å². The van der Waals surface area contributed by atoms with Crippen molar-refractivity contribution in [2.45, 2.75) is 26.8 Å². The average molecular weight is 170 g/mol. The van der Waals surface area contributed by atoms with E-state index < -0.39 is 0 Å². The second-order valence-electron chi connectivity index (χ2n) is 2.36. The van der Waals surface area contributed by atoms with Gasteiger partial charge in [0.15, 0.2) is 0 Å². The van der Waals surface area contributed by atoms with Crippen molar-refractivity contribution in [2.75, 3.05) is 6.54 Å². The van der Waals surface area contributed by atoms with Gasteiger partial charge in [-0.2, -0.15) is 0 Å². The summed E-state index contributed by atoms with van der Waals surface area (Å²) in [7, 11) is 0. The number of aromatic nitrogens is 1. The Morgan fingerprint density at radius 2 is 2.36 bits per heavy atom. The minimum absolute atomic E-state index is 0.977. The van der Waals surface area contributed by atoms with Gasteiger partial charge in [-0.3, -0.25) is 0 Å². The van der Waals surface area contributed by atoms with E-state index in [-0.39, 0.29) is 0 Å². The highest BCUT2D eigenvalue weighted by molar-refractivity contribution is 7.09. The molecule has 0 unspecified atom stereocenters. The second-order valence-corrected chi connectivity index (χ2v) is 3.30. The van der Waals surface area contributed by atoms with Gasteiger partial charge in [0, 0.05) is 11.4 Å². The molecule has 2 nitrogen and oxygen atoms in total. The molecule has 0 amide bonds. The van der Waals surface area contributed by atoms with E-state index in [1.807, 2.05) is 5.51 Å². The Morgan fingerprint density at radius 1 is 1.55 bits per heavy atom. The van der Waals surface area contributed by atoms with E-state index in [0.29, 0.717) is 0 Å². The molecule has 1 rings (SSSR count). The molecule has 0 aliphatic heterocycles. The first kappa shape index (κ1) is 8.68. The van der Waals surface area contributed by atoms with E-state index in [1.165, 1.54) is 10.6 Å². The fraction of sp³-hybridized carbons (Fsp3) is 0.625. The lowest BCUT2D eigenvalue weighted by Gasteiger charge is -1.99. The monoisotopic (exact) mass is 170 g/mol. The standard InChI is InChI=1S/C8H14N2S/c1-3-7-8(5-9-4-2)11-6-10-7/h6,9H,3-5H2,1-2H3. The summed E-state index contributed by atoms with van der Waals surface area (Å²) in [5.74, 6) is 0. The maximum Gasteiger partial charge on any atom is 0.0798 e. The summed E-state index contributed by atoms with van der Waals surface area (Å²) in [6.45, 7) is 6.27. The number of hydrogen-bond acceptors (Lipinski definition) is 3. The Kier molecular flexibility index (Phi) is 3.52. The SMILES string of the molecule is CCNCc1scnc1CC. The van der Waals surface area contributed by atoms with Crippen LogP contribution < -0.4 is 5.32 Å². The van der Waals surface area contributed by atoms with Crippen LogP contribution >= 0.6 is 11.3 Å². The van der Waals surface area contributed by atoms with E-state index in [0.717, 1.165) is 19.5 Å². The van der Waals surface area contributed by atoms with Crippen LogP contribution in [0, 0.1) is 0 Å². The van der Waals surface area contributed by atoms with Gasteiger partial charge in [-0.15, -0.1) is 11.3 Å². The van der Waals surface area contributed by atoms with Crippen LogP contribution in [0.2, 0.25) is 0 Å². The third-order valence-electron chi connectivity index (χ3n) is 1.60. The van der Waals surface area contributed by atoms with Gasteiger partial charge in [-0.1, -0.05) is 13.8 Å². The first-order chi connectivity index (χ1) is 5.38. The topological polar surface area (TPSA) is 24.9 Å². The van der Waals surface area contributed by atoms with Gasteiger partial charge in [0.25, 0.3) is 0 Å². The van der Waals surface area contributed by atoms with Gasteiger partial charge in [-0.05, 0) is 13.0 Å². The zero-order valence-electron chi connectivity index (χ0n) is 7.05. The Bertz CT molecular complexity index is 208. The van der Waals surface area contributed by atoms with Crippen molar-refractivity contribution >= 4 is 11.3 Å². The van der Waals surface area contributed by atoms with Crippen LogP contribution in [0.5, 0.6) is 0 Å². The Hall–Kier alpha value is -0.410.